The summed E-state index contributed by atoms with van der Waals surface area (Å²) in [5.74, 6) is -2.35. The molecule has 3 heterocycles. The maximum absolute atomic E-state index is 14.7. The molecule has 0 atom stereocenters. The summed E-state index contributed by atoms with van der Waals surface area (Å²) in [6, 6.07) is 16.0. The number of amides is 1. The number of pyridine rings is 1. The van der Waals surface area contributed by atoms with E-state index in [0.717, 1.165) is 6.92 Å². The van der Waals surface area contributed by atoms with Crippen molar-refractivity contribution in [3.05, 3.63) is 76.6 Å². The molecule has 41 heavy (non-hydrogen) atoms. The van der Waals surface area contributed by atoms with E-state index in [1.807, 2.05) is 6.92 Å². The van der Waals surface area contributed by atoms with Crippen molar-refractivity contribution >= 4 is 17.5 Å². The van der Waals surface area contributed by atoms with Crippen LogP contribution in [0.4, 0.5) is 20.4 Å². The van der Waals surface area contributed by atoms with E-state index in [1.54, 1.807) is 54.3 Å². The first kappa shape index (κ1) is 27.4. The van der Waals surface area contributed by atoms with Crippen molar-refractivity contribution in [3.8, 4) is 34.7 Å². The zero-order valence-electron chi connectivity index (χ0n) is 22.7. The largest absolute Gasteiger partial charge is 0.369 e. The topological polar surface area (TPSA) is 124 Å². The van der Waals surface area contributed by atoms with Crippen LogP contribution in [0.25, 0.3) is 22.5 Å². The number of aryl methyl sites for hydroxylation is 2. The van der Waals surface area contributed by atoms with Crippen LogP contribution in [-0.2, 0) is 25.9 Å². The number of nitrogens with zero attached hydrogens (tertiary/aromatic N) is 7. The molecule has 0 unspecified atom stereocenters. The van der Waals surface area contributed by atoms with Gasteiger partial charge in [-0.2, -0.15) is 10.5 Å². The number of nitriles is 2. The molecule has 0 saturated carbocycles. The fraction of sp³-hybridized carbons (Fsp3) is 0.267. The number of nitrogens with one attached hydrogen (secondary N) is 1. The summed E-state index contributed by atoms with van der Waals surface area (Å²) in [6.45, 7) is 2.95. The third kappa shape index (κ3) is 5.22. The predicted molar refractivity (Wildman–Crippen MR) is 149 cm³/mol. The van der Waals surface area contributed by atoms with Crippen molar-refractivity contribution in [1.29, 1.82) is 10.5 Å². The Labute approximate surface area is 235 Å². The molecule has 0 radical (unpaired) electrons. The second-order valence-electron chi connectivity index (χ2n) is 9.87. The third-order valence-corrected chi connectivity index (χ3v) is 7.03. The van der Waals surface area contributed by atoms with Crippen molar-refractivity contribution in [3.63, 3.8) is 0 Å². The van der Waals surface area contributed by atoms with Gasteiger partial charge in [-0.25, -0.2) is 13.8 Å². The molecule has 0 spiro atoms. The molecule has 2 aromatic carbocycles. The minimum Gasteiger partial charge on any atom is -0.369 e. The van der Waals surface area contributed by atoms with Gasteiger partial charge in [-0.15, -0.1) is 10.2 Å². The zero-order valence-corrected chi connectivity index (χ0v) is 22.7. The molecule has 206 valence electrons. The molecule has 1 aliphatic rings. The minimum atomic E-state index is -3.13. The average molecular weight is 553 g/mol. The standard InChI is InChI=1S/C30H26F2N8O/c1-4-18-10-23-24(25(12-18)30(2,31)32)16-40(29(23)41)27-14-20(13-26(37-27)35-9-5-8-33)21-7-6-19(15-34)11-22(21)28-38-36-17-39(28)3/h6-7,10-14,17H,4-5,9,16H2,1-3H3,(H,35,37). The molecule has 9 nitrogen and oxygen atoms in total. The number of alkyl halides is 2. The Morgan fingerprint density at radius 2 is 1.90 bits per heavy atom. The van der Waals surface area contributed by atoms with Gasteiger partial charge >= 0.3 is 0 Å². The lowest BCUT2D eigenvalue weighted by Gasteiger charge is -2.19. The van der Waals surface area contributed by atoms with E-state index in [-0.39, 0.29) is 35.5 Å². The van der Waals surface area contributed by atoms with Crippen LogP contribution in [0.3, 0.4) is 0 Å². The number of halogens is 2. The summed E-state index contributed by atoms with van der Waals surface area (Å²) in [5.41, 5.74) is 3.43. The lowest BCUT2D eigenvalue weighted by atomic mass is 9.95. The van der Waals surface area contributed by atoms with Crippen molar-refractivity contribution in [2.45, 2.75) is 39.2 Å². The summed E-state index contributed by atoms with van der Waals surface area (Å²) in [5, 5.41) is 29.9. The van der Waals surface area contributed by atoms with Crippen molar-refractivity contribution in [2.24, 2.45) is 7.05 Å². The molecule has 11 heteroatoms. The monoisotopic (exact) mass is 552 g/mol. The highest BCUT2D eigenvalue weighted by atomic mass is 19.3. The number of rotatable bonds is 8. The number of hydrogen-bond acceptors (Lipinski definition) is 7. The van der Waals surface area contributed by atoms with Gasteiger partial charge in [-0.1, -0.05) is 13.0 Å². The van der Waals surface area contributed by atoms with Crippen LogP contribution < -0.4 is 10.2 Å². The van der Waals surface area contributed by atoms with Crippen LogP contribution >= 0.6 is 0 Å². The number of fused-ring (bicyclic) bond motifs is 1. The molecule has 1 N–H and O–H groups in total. The van der Waals surface area contributed by atoms with Crippen molar-refractivity contribution < 1.29 is 13.6 Å². The summed E-state index contributed by atoms with van der Waals surface area (Å²) in [7, 11) is 1.79. The Morgan fingerprint density at radius 1 is 1.10 bits per heavy atom. The molecule has 0 bridgehead atoms. The van der Waals surface area contributed by atoms with Gasteiger partial charge in [0.1, 0.15) is 18.0 Å². The molecule has 1 aliphatic heterocycles. The molecule has 0 fully saturated rings. The molecular formula is C30H26F2N8O. The number of aromatic nitrogens is 4. The minimum absolute atomic E-state index is 0.0610. The van der Waals surface area contributed by atoms with Crippen molar-refractivity contribution in [1.82, 2.24) is 19.7 Å². The fourth-order valence-electron chi connectivity index (χ4n) is 4.97. The predicted octanol–water partition coefficient (Wildman–Crippen LogP) is 5.58. The Bertz CT molecular complexity index is 1740. The van der Waals surface area contributed by atoms with Gasteiger partial charge in [-0.05, 0) is 65.1 Å². The first-order valence-corrected chi connectivity index (χ1v) is 13.0. The van der Waals surface area contributed by atoms with Crippen LogP contribution in [0.1, 0.15) is 52.9 Å². The Morgan fingerprint density at radius 3 is 2.56 bits per heavy atom. The normalized spacial score (nSPS) is 12.7. The Hall–Kier alpha value is -5.16. The highest BCUT2D eigenvalue weighted by Crippen LogP contribution is 2.40. The van der Waals surface area contributed by atoms with Gasteiger partial charge in [-0.3, -0.25) is 9.69 Å². The second-order valence-corrected chi connectivity index (χ2v) is 9.87. The fourth-order valence-corrected chi connectivity index (χ4v) is 4.97. The summed E-state index contributed by atoms with van der Waals surface area (Å²) < 4.78 is 31.1. The van der Waals surface area contributed by atoms with Gasteiger partial charge in [0.05, 0.1) is 30.7 Å². The number of benzene rings is 2. The molecule has 2 aromatic heterocycles. The van der Waals surface area contributed by atoms with Crippen LogP contribution in [0.5, 0.6) is 0 Å². The maximum atomic E-state index is 14.7. The summed E-state index contributed by atoms with van der Waals surface area (Å²) in [6.07, 6.45) is 2.29. The van der Waals surface area contributed by atoms with E-state index in [1.165, 1.54) is 11.0 Å². The van der Waals surface area contributed by atoms with E-state index in [2.05, 4.69) is 32.6 Å². The lowest BCUT2D eigenvalue weighted by molar-refractivity contribution is 0.0165. The second kappa shape index (κ2) is 10.8. The van der Waals surface area contributed by atoms with E-state index in [0.29, 0.717) is 52.4 Å². The van der Waals surface area contributed by atoms with E-state index < -0.39 is 11.8 Å². The highest BCUT2D eigenvalue weighted by Gasteiger charge is 2.38. The molecule has 0 saturated heterocycles. The lowest BCUT2D eigenvalue weighted by Crippen LogP contribution is -2.24. The molecular weight excluding hydrogens is 526 g/mol. The summed E-state index contributed by atoms with van der Waals surface area (Å²) >= 11 is 0. The van der Waals surface area contributed by atoms with Gasteiger partial charge in [0.15, 0.2) is 5.82 Å². The number of carbonyl (C=O) groups excluding carboxylic acids is 1. The molecule has 4 aromatic rings. The number of hydrogen-bond donors (Lipinski definition) is 1. The third-order valence-electron chi connectivity index (χ3n) is 7.03. The first-order chi connectivity index (χ1) is 19.6. The Balaban J connectivity index is 1.66. The van der Waals surface area contributed by atoms with Gasteiger partial charge < -0.3 is 9.88 Å². The zero-order chi connectivity index (χ0) is 29.3. The van der Waals surface area contributed by atoms with Gasteiger partial charge in [0.25, 0.3) is 11.8 Å². The van der Waals surface area contributed by atoms with Crippen molar-refractivity contribution in [2.75, 3.05) is 16.8 Å². The van der Waals surface area contributed by atoms with Crippen LogP contribution in [0.15, 0.2) is 48.8 Å². The quantitative estimate of drug-likeness (QED) is 0.283. The SMILES string of the molecule is CCc1cc2c(c(C(C)(F)F)c1)CN(c1cc(-c3ccc(C#N)cc3-c3nncn3C)cc(NCCC#N)n1)C2=O. The average Bonchev–Trinajstić information content (AvgIpc) is 3.54. The highest BCUT2D eigenvalue weighted by molar-refractivity contribution is 6.10. The number of anilines is 2. The smallest absolute Gasteiger partial charge is 0.270 e. The molecule has 5 rings (SSSR count). The van der Waals surface area contributed by atoms with Gasteiger partial charge in [0.2, 0.25) is 0 Å². The van der Waals surface area contributed by atoms with Crippen LogP contribution in [-0.4, -0.2) is 32.2 Å². The van der Waals surface area contributed by atoms with E-state index >= 15 is 0 Å². The van der Waals surface area contributed by atoms with Gasteiger partial charge in [0, 0.05) is 37.2 Å². The Kier molecular flexibility index (Phi) is 7.21. The first-order valence-electron chi connectivity index (χ1n) is 13.0. The molecule has 0 aliphatic carbocycles. The maximum Gasteiger partial charge on any atom is 0.270 e. The van der Waals surface area contributed by atoms with E-state index in [4.69, 9.17) is 5.26 Å². The molecule has 1 amide bonds. The summed E-state index contributed by atoms with van der Waals surface area (Å²) in [4.78, 5) is 19.7. The van der Waals surface area contributed by atoms with E-state index in [9.17, 15) is 18.8 Å². The number of carbonyl (C=O) groups is 1. The van der Waals surface area contributed by atoms with Crippen LogP contribution in [0, 0.1) is 22.7 Å². The van der Waals surface area contributed by atoms with Crippen LogP contribution in [0.2, 0.25) is 0 Å².